The molecule has 2 saturated carbocycles. The molecule has 5 heterocycles. The van der Waals surface area contributed by atoms with Crippen molar-refractivity contribution in [3.05, 3.63) is 82.5 Å². The van der Waals surface area contributed by atoms with E-state index in [1.165, 1.54) is 43.7 Å². The zero-order valence-electron chi connectivity index (χ0n) is 36.9. The van der Waals surface area contributed by atoms with Gasteiger partial charge in [-0.05, 0) is 145 Å². The van der Waals surface area contributed by atoms with Crippen molar-refractivity contribution in [2.75, 3.05) is 32.8 Å². The van der Waals surface area contributed by atoms with Crippen LogP contribution < -0.4 is 11.1 Å². The van der Waals surface area contributed by atoms with Crippen molar-refractivity contribution in [1.82, 2.24) is 29.9 Å². The van der Waals surface area contributed by atoms with Crippen molar-refractivity contribution in [3.63, 3.8) is 0 Å². The molecule has 6 N–H and O–H groups in total. The molecule has 3 aromatic rings. The third-order valence-electron chi connectivity index (χ3n) is 13.7. The maximum atomic E-state index is 10.7. The molecule has 324 valence electrons. The lowest BCUT2D eigenvalue weighted by Crippen LogP contribution is -2.52. The number of benzene rings is 1. The highest BCUT2D eigenvalue weighted by Gasteiger charge is 2.53. The molecule has 3 unspecified atom stereocenters. The molecule has 2 saturated heterocycles. The maximum Gasteiger partial charge on any atom is 0.299 e. The number of aliphatic hydroxyl groups is 2. The van der Waals surface area contributed by atoms with Crippen LogP contribution >= 0.6 is 11.3 Å². The molecule has 2 bridgehead atoms. The number of fused-ring (bicyclic) bond motifs is 3. The lowest BCUT2D eigenvalue weighted by molar-refractivity contribution is -0.145. The van der Waals surface area contributed by atoms with E-state index in [0.29, 0.717) is 47.1 Å². The molecule has 5 aliphatic rings. The summed E-state index contributed by atoms with van der Waals surface area (Å²) in [4.78, 5) is 13.6. The van der Waals surface area contributed by atoms with Gasteiger partial charge in [0.25, 0.3) is 5.95 Å². The summed E-state index contributed by atoms with van der Waals surface area (Å²) < 4.78 is 9.91. The van der Waals surface area contributed by atoms with E-state index in [1.54, 1.807) is 0 Å². The SMILES string of the molecule is CC.CCC1(Cn2ncc(C3=CC=C(N4CCC/C(=C(C)/C(N)=N\c5nc6ccccc6s5)C4=N)NC3=C(O)O)c2C)CC2CC(C)(OCCN3CCCC3)C[C@@](C)(C2)C1. The lowest BCUT2D eigenvalue weighted by atomic mass is 9.51. The predicted octanol–water partition coefficient (Wildman–Crippen LogP) is 9.89. The van der Waals surface area contributed by atoms with Gasteiger partial charge in [0.15, 0.2) is 0 Å². The van der Waals surface area contributed by atoms with Gasteiger partial charge in [0.2, 0.25) is 5.13 Å². The molecule has 3 aliphatic heterocycles. The number of nitrogens with two attached hydrogens (primary N) is 1. The second kappa shape index (κ2) is 17.9. The fourth-order valence-corrected chi connectivity index (χ4v) is 12.1. The summed E-state index contributed by atoms with van der Waals surface area (Å²) in [6.07, 6.45) is 16.6. The number of hydrogen-bond acceptors (Lipinski definition) is 10. The zero-order chi connectivity index (χ0) is 42.8. The molecule has 60 heavy (non-hydrogen) atoms. The maximum absolute atomic E-state index is 10.7. The third kappa shape index (κ3) is 9.09. The molecule has 0 spiro atoms. The Labute approximate surface area is 360 Å². The predicted molar refractivity (Wildman–Crippen MR) is 244 cm³/mol. The number of aliphatic imine (C=N–C) groups is 1. The second-order valence-electron chi connectivity index (χ2n) is 18.3. The van der Waals surface area contributed by atoms with Gasteiger partial charge in [-0.1, -0.05) is 51.2 Å². The third-order valence-corrected chi connectivity index (χ3v) is 14.6. The summed E-state index contributed by atoms with van der Waals surface area (Å²) in [5.74, 6) is 1.02. The molecule has 13 heteroatoms. The van der Waals surface area contributed by atoms with Crippen LogP contribution in [-0.2, 0) is 11.3 Å². The monoisotopic (exact) mass is 838 g/mol. The first-order chi connectivity index (χ1) is 28.8. The Morgan fingerprint density at radius 1 is 1.07 bits per heavy atom. The minimum absolute atomic E-state index is 0.0727. The van der Waals surface area contributed by atoms with E-state index in [9.17, 15) is 15.6 Å². The fraction of sp³-hybridized carbons (Fsp3) is 0.574. The van der Waals surface area contributed by atoms with Gasteiger partial charge in [-0.15, -0.1) is 0 Å². The molecule has 12 nitrogen and oxygen atoms in total. The summed E-state index contributed by atoms with van der Waals surface area (Å²) in [5.41, 5.74) is 11.8. The van der Waals surface area contributed by atoms with Crippen molar-refractivity contribution in [3.8, 4) is 0 Å². The van der Waals surface area contributed by atoms with Crippen LogP contribution in [0.25, 0.3) is 15.8 Å². The van der Waals surface area contributed by atoms with E-state index in [0.717, 1.165) is 90.8 Å². The van der Waals surface area contributed by atoms with Crippen LogP contribution in [0.1, 0.15) is 117 Å². The molecule has 2 aliphatic carbocycles. The molecular formula is C47H67N9O3S. The number of amidine groups is 2. The molecule has 0 radical (unpaired) electrons. The van der Waals surface area contributed by atoms with E-state index in [2.05, 4.69) is 52.6 Å². The van der Waals surface area contributed by atoms with Crippen LogP contribution in [0.5, 0.6) is 0 Å². The number of para-hydroxylation sites is 1. The van der Waals surface area contributed by atoms with Gasteiger partial charge >= 0.3 is 0 Å². The van der Waals surface area contributed by atoms with Crippen LogP contribution in [0, 0.1) is 29.1 Å². The molecule has 2 aromatic heterocycles. The number of rotatable bonds is 11. The summed E-state index contributed by atoms with van der Waals surface area (Å²) in [6.45, 7) is 20.9. The van der Waals surface area contributed by atoms with Crippen LogP contribution in [0.15, 0.2) is 76.2 Å². The lowest BCUT2D eigenvalue weighted by Gasteiger charge is -2.57. The first kappa shape index (κ1) is 43.6. The Hall–Kier alpha value is -4.46. The van der Waals surface area contributed by atoms with E-state index >= 15 is 0 Å². The van der Waals surface area contributed by atoms with Crippen LogP contribution in [-0.4, -0.2) is 84.8 Å². The van der Waals surface area contributed by atoms with Crippen LogP contribution in [0.3, 0.4) is 0 Å². The number of likely N-dealkylation sites (tertiary alicyclic amines) is 2. The van der Waals surface area contributed by atoms with Crippen LogP contribution in [0.4, 0.5) is 5.13 Å². The van der Waals surface area contributed by atoms with Gasteiger partial charge in [0.05, 0.1) is 28.6 Å². The molecule has 8 rings (SSSR count). The van der Waals surface area contributed by atoms with E-state index in [1.807, 2.05) is 68.3 Å². The minimum Gasteiger partial charge on any atom is -0.480 e. The van der Waals surface area contributed by atoms with Crippen LogP contribution in [0.2, 0.25) is 0 Å². The van der Waals surface area contributed by atoms with Crippen molar-refractivity contribution in [2.24, 2.45) is 27.5 Å². The van der Waals surface area contributed by atoms with Gasteiger partial charge in [0.1, 0.15) is 23.2 Å². The normalized spacial score (nSPS) is 28.2. The Bertz CT molecular complexity index is 2190. The molecule has 1 aromatic carbocycles. The van der Waals surface area contributed by atoms with Gasteiger partial charge in [-0.3, -0.25) is 10.1 Å². The first-order valence-corrected chi connectivity index (χ1v) is 23.1. The van der Waals surface area contributed by atoms with Gasteiger partial charge in [-0.2, -0.15) is 5.10 Å². The average molecular weight is 838 g/mol. The summed E-state index contributed by atoms with van der Waals surface area (Å²) >= 11 is 1.48. The highest BCUT2D eigenvalue weighted by atomic mass is 32.1. The number of aliphatic hydroxyl groups excluding tert-OH is 1. The largest absolute Gasteiger partial charge is 0.480 e. The number of dihydropyridines is 1. The van der Waals surface area contributed by atoms with Gasteiger partial charge in [-0.25, -0.2) is 9.98 Å². The number of piperidine rings is 1. The quantitative estimate of drug-likeness (QED) is 0.0719. The summed E-state index contributed by atoms with van der Waals surface area (Å²) in [6, 6.07) is 7.90. The minimum atomic E-state index is -0.810. The zero-order valence-corrected chi connectivity index (χ0v) is 37.7. The molecule has 4 atom stereocenters. The van der Waals surface area contributed by atoms with Gasteiger partial charge < -0.3 is 35.8 Å². The fourth-order valence-electron chi connectivity index (χ4n) is 11.2. The van der Waals surface area contributed by atoms with E-state index in [-0.39, 0.29) is 22.1 Å². The number of allylic oxidation sites excluding steroid dienone is 3. The van der Waals surface area contributed by atoms with Crippen molar-refractivity contribution in [1.29, 1.82) is 5.41 Å². The smallest absolute Gasteiger partial charge is 0.299 e. The van der Waals surface area contributed by atoms with E-state index in [4.69, 9.17) is 15.6 Å². The first-order valence-electron chi connectivity index (χ1n) is 22.2. The number of thiazole rings is 1. The average Bonchev–Trinajstić information content (AvgIpc) is 3.98. The number of aromatic nitrogens is 3. The summed E-state index contributed by atoms with van der Waals surface area (Å²) in [5, 5.41) is 39.3. The Balaban J connectivity index is 0.00000268. The molecule has 0 amide bonds. The number of nitrogens with one attached hydrogen (secondary N) is 2. The Kier molecular flexibility index (Phi) is 13.0. The summed E-state index contributed by atoms with van der Waals surface area (Å²) in [7, 11) is 0. The van der Waals surface area contributed by atoms with Crippen molar-refractivity contribution in [2.45, 2.75) is 125 Å². The van der Waals surface area contributed by atoms with E-state index < -0.39 is 5.95 Å². The number of ether oxygens (including phenoxy) is 1. The number of nitrogens with zero attached hydrogens (tertiary/aromatic N) is 6. The standard InChI is InChI=1S/C45H61N9O3S.C2H6/c1-6-45(24-31-22-43(4,27-45)26-44(5,23-31)57-21-20-52-17-9-10-18-52)28-54-30(3)34(25-48-54)33-15-16-37(50-38(33)41(55)56)53-19-11-12-32(40(53)47)29(2)39(46)51-42-49-35-13-7-8-14-36(35)58-42;1-2/h7-8,13-16,25,31,47,50,55-56H,6,9-12,17-24,26-28H2,1-5H3,(H2,46,49,51);1-2H3/b32-29-,47-40?;/t31?,43-,44?,45?;/m1./s1. The molecule has 4 fully saturated rings. The second-order valence-corrected chi connectivity index (χ2v) is 19.3. The Morgan fingerprint density at radius 2 is 1.83 bits per heavy atom. The van der Waals surface area contributed by atoms with Gasteiger partial charge in [0, 0.05) is 42.0 Å². The van der Waals surface area contributed by atoms with Crippen molar-refractivity contribution >= 4 is 43.9 Å². The highest BCUT2D eigenvalue weighted by molar-refractivity contribution is 7.22. The van der Waals surface area contributed by atoms with Crippen molar-refractivity contribution < 1.29 is 14.9 Å². The topological polar surface area (TPSA) is 161 Å². The number of hydrogen-bond donors (Lipinski definition) is 5. The molecular weight excluding hydrogens is 771 g/mol. The highest BCUT2D eigenvalue weighted by Crippen LogP contribution is 2.60. The Morgan fingerprint density at radius 3 is 2.55 bits per heavy atom.